The molecule has 2 rings (SSSR count). The number of rotatable bonds is 0. The van der Waals surface area contributed by atoms with Crippen LogP contribution in [0.15, 0.2) is 0 Å². The van der Waals surface area contributed by atoms with Gasteiger partial charge in [-0.1, -0.05) is 0 Å². The molecule has 5 nitrogen and oxygen atoms in total. The number of ether oxygens (including phenoxy) is 1. The molecule has 2 bridgehead atoms. The highest BCUT2D eigenvalue weighted by Crippen LogP contribution is 2.33. The van der Waals surface area contributed by atoms with Crippen molar-refractivity contribution >= 4 is 12.0 Å². The van der Waals surface area contributed by atoms with Gasteiger partial charge in [-0.3, -0.25) is 9.69 Å². The number of fused-ring (bicyclic) bond motifs is 2. The number of likely N-dealkylation sites (tertiary alicyclic amines) is 1. The molecule has 2 aliphatic rings. The van der Waals surface area contributed by atoms with Gasteiger partial charge in [-0.05, 0) is 33.6 Å². The second kappa shape index (κ2) is 5.06. The second-order valence-electron chi connectivity index (χ2n) is 6.48. The Bertz CT molecular complexity index is 431. The van der Waals surface area contributed by atoms with E-state index in [0.29, 0.717) is 12.8 Å². The van der Waals surface area contributed by atoms with Gasteiger partial charge in [-0.2, -0.15) is 13.2 Å². The monoisotopic (exact) mass is 308 g/mol. The van der Waals surface area contributed by atoms with Crippen LogP contribution in [0.5, 0.6) is 0 Å². The molecular weight excluding hydrogens is 289 g/mol. The third-order valence-electron chi connectivity index (χ3n) is 3.62. The average Bonchev–Trinajstić information content (AvgIpc) is 2.56. The van der Waals surface area contributed by atoms with Gasteiger partial charge in [-0.15, -0.1) is 0 Å². The number of halogens is 3. The van der Waals surface area contributed by atoms with Gasteiger partial charge in [0.05, 0.1) is 12.1 Å². The quantitative estimate of drug-likeness (QED) is 0.689. The van der Waals surface area contributed by atoms with E-state index >= 15 is 0 Å². The summed E-state index contributed by atoms with van der Waals surface area (Å²) < 4.78 is 42.8. The minimum absolute atomic E-state index is 0.0892. The third-order valence-corrected chi connectivity index (χ3v) is 3.62. The lowest BCUT2D eigenvalue weighted by atomic mass is 10.2. The number of nitrogens with zero attached hydrogens (tertiary/aromatic N) is 2. The highest BCUT2D eigenvalue weighted by molar-refractivity contribution is 5.82. The summed E-state index contributed by atoms with van der Waals surface area (Å²) in [5.41, 5.74) is -0.657. The van der Waals surface area contributed by atoms with E-state index in [2.05, 4.69) is 0 Å². The number of alkyl halides is 3. The van der Waals surface area contributed by atoms with Crippen molar-refractivity contribution in [1.29, 1.82) is 0 Å². The zero-order chi connectivity index (χ0) is 16.0. The lowest BCUT2D eigenvalue weighted by molar-refractivity contribution is -0.188. The van der Waals surface area contributed by atoms with Crippen molar-refractivity contribution in [2.45, 2.75) is 57.5 Å². The van der Waals surface area contributed by atoms with Gasteiger partial charge in [0.2, 0.25) is 0 Å². The molecule has 0 saturated carbocycles. The summed E-state index contributed by atoms with van der Waals surface area (Å²) in [4.78, 5) is 25.7. The predicted molar refractivity (Wildman–Crippen MR) is 67.5 cm³/mol. The Morgan fingerprint density at radius 3 is 1.90 bits per heavy atom. The molecule has 21 heavy (non-hydrogen) atoms. The van der Waals surface area contributed by atoms with Crippen molar-refractivity contribution < 1.29 is 27.5 Å². The number of carbonyl (C=O) groups excluding carboxylic acids is 2. The highest BCUT2D eigenvalue weighted by atomic mass is 19.4. The van der Waals surface area contributed by atoms with Crippen LogP contribution in [-0.2, 0) is 9.53 Å². The van der Waals surface area contributed by atoms with Gasteiger partial charge < -0.3 is 9.64 Å². The fourth-order valence-corrected chi connectivity index (χ4v) is 2.86. The first-order valence-electron chi connectivity index (χ1n) is 6.86. The van der Waals surface area contributed by atoms with Crippen LogP contribution in [0, 0.1) is 0 Å². The SMILES string of the molecule is CC(C)(C)OC(=O)N1C2CC[C@@H]1CN(C(=O)C(F)(F)F)C2. The standard InChI is InChI=1S/C13H19F3N2O3/c1-12(2,3)21-11(20)18-8-4-5-9(18)7-17(6-8)10(19)13(14,15)16/h8-9H,4-7H2,1-3H3/t8-,9?/m1/s1. The Hall–Kier alpha value is -1.47. The molecule has 0 radical (unpaired) electrons. The maximum atomic E-state index is 12.5. The van der Waals surface area contributed by atoms with Crippen molar-refractivity contribution in [2.75, 3.05) is 13.1 Å². The summed E-state index contributed by atoms with van der Waals surface area (Å²) in [6, 6.07) is -0.796. The maximum Gasteiger partial charge on any atom is 0.471 e. The Balaban J connectivity index is 2.06. The summed E-state index contributed by atoms with van der Waals surface area (Å²) >= 11 is 0. The first kappa shape index (κ1) is 15.9. The smallest absolute Gasteiger partial charge is 0.444 e. The zero-order valence-corrected chi connectivity index (χ0v) is 12.2. The van der Waals surface area contributed by atoms with E-state index in [1.165, 1.54) is 4.90 Å². The normalized spacial score (nSPS) is 26.0. The summed E-state index contributed by atoms with van der Waals surface area (Å²) in [7, 11) is 0. The summed E-state index contributed by atoms with van der Waals surface area (Å²) in [6.07, 6.45) is -4.21. The number of hydrogen-bond acceptors (Lipinski definition) is 3. The molecule has 120 valence electrons. The number of piperazine rings is 1. The molecule has 2 amide bonds. The van der Waals surface area contributed by atoms with Gasteiger partial charge in [0, 0.05) is 13.1 Å². The first-order chi connectivity index (χ1) is 9.49. The largest absolute Gasteiger partial charge is 0.471 e. The van der Waals surface area contributed by atoms with Crippen LogP contribution in [0.25, 0.3) is 0 Å². The van der Waals surface area contributed by atoms with E-state index in [1.54, 1.807) is 20.8 Å². The molecule has 2 aliphatic heterocycles. The van der Waals surface area contributed by atoms with Gasteiger partial charge >= 0.3 is 18.2 Å². The molecule has 2 saturated heterocycles. The van der Waals surface area contributed by atoms with Crippen molar-refractivity contribution in [3.63, 3.8) is 0 Å². The molecule has 2 fully saturated rings. The van der Waals surface area contributed by atoms with E-state index < -0.39 is 35.9 Å². The second-order valence-corrected chi connectivity index (χ2v) is 6.48. The van der Waals surface area contributed by atoms with Gasteiger partial charge in [0.15, 0.2) is 0 Å². The summed E-state index contributed by atoms with van der Waals surface area (Å²) in [6.45, 7) is 5.02. The molecule has 2 heterocycles. The van der Waals surface area contributed by atoms with E-state index in [0.717, 1.165) is 4.90 Å². The maximum absolute atomic E-state index is 12.5. The van der Waals surface area contributed by atoms with Gasteiger partial charge in [-0.25, -0.2) is 4.79 Å². The minimum Gasteiger partial charge on any atom is -0.444 e. The Kier molecular flexibility index (Phi) is 3.84. The van der Waals surface area contributed by atoms with Crippen LogP contribution >= 0.6 is 0 Å². The molecule has 8 heteroatoms. The summed E-state index contributed by atoms with van der Waals surface area (Å²) in [5.74, 6) is -1.83. The molecular formula is C13H19F3N2O3. The van der Waals surface area contributed by atoms with E-state index in [4.69, 9.17) is 4.74 Å². The van der Waals surface area contributed by atoms with Crippen LogP contribution in [-0.4, -0.2) is 58.8 Å². The molecule has 0 aliphatic carbocycles. The van der Waals surface area contributed by atoms with Crippen LogP contribution < -0.4 is 0 Å². The van der Waals surface area contributed by atoms with Crippen LogP contribution in [0.2, 0.25) is 0 Å². The molecule has 0 aromatic carbocycles. The average molecular weight is 308 g/mol. The number of amides is 2. The van der Waals surface area contributed by atoms with Crippen LogP contribution in [0.4, 0.5) is 18.0 Å². The molecule has 0 N–H and O–H groups in total. The zero-order valence-electron chi connectivity index (χ0n) is 12.2. The number of carbonyl (C=O) groups is 2. The van der Waals surface area contributed by atoms with E-state index in [-0.39, 0.29) is 13.1 Å². The van der Waals surface area contributed by atoms with E-state index in [1.807, 2.05) is 0 Å². The van der Waals surface area contributed by atoms with Gasteiger partial charge in [0.25, 0.3) is 0 Å². The van der Waals surface area contributed by atoms with E-state index in [9.17, 15) is 22.8 Å². The number of hydrogen-bond donors (Lipinski definition) is 0. The lowest BCUT2D eigenvalue weighted by Gasteiger charge is -2.41. The molecule has 1 unspecified atom stereocenters. The fraction of sp³-hybridized carbons (Fsp3) is 0.846. The summed E-state index contributed by atoms with van der Waals surface area (Å²) in [5, 5.41) is 0. The molecule has 0 aromatic rings. The molecule has 0 spiro atoms. The van der Waals surface area contributed by atoms with Crippen molar-refractivity contribution in [1.82, 2.24) is 9.80 Å². The van der Waals surface area contributed by atoms with Crippen LogP contribution in [0.1, 0.15) is 33.6 Å². The van der Waals surface area contributed by atoms with Crippen LogP contribution in [0.3, 0.4) is 0 Å². The highest BCUT2D eigenvalue weighted by Gasteiger charge is 2.50. The minimum atomic E-state index is -4.87. The lowest BCUT2D eigenvalue weighted by Crippen LogP contribution is -2.59. The van der Waals surface area contributed by atoms with Crippen molar-refractivity contribution in [3.8, 4) is 0 Å². The fourth-order valence-electron chi connectivity index (χ4n) is 2.86. The van der Waals surface area contributed by atoms with Crippen molar-refractivity contribution in [3.05, 3.63) is 0 Å². The molecule has 2 atom stereocenters. The van der Waals surface area contributed by atoms with Gasteiger partial charge in [0.1, 0.15) is 5.60 Å². The Morgan fingerprint density at radius 2 is 1.52 bits per heavy atom. The first-order valence-corrected chi connectivity index (χ1v) is 6.86. The topological polar surface area (TPSA) is 49.9 Å². The Morgan fingerprint density at radius 1 is 1.05 bits per heavy atom. The molecule has 0 aromatic heterocycles. The third kappa shape index (κ3) is 3.41. The van der Waals surface area contributed by atoms with Crippen molar-refractivity contribution in [2.24, 2.45) is 0 Å². The predicted octanol–water partition coefficient (Wildman–Crippen LogP) is 2.16. The Labute approximate surface area is 121 Å².